The summed E-state index contributed by atoms with van der Waals surface area (Å²) in [6.07, 6.45) is 0.0428. The average Bonchev–Trinajstić information content (AvgIpc) is 2.58. The molecule has 2 rings (SSSR count). The van der Waals surface area contributed by atoms with Crippen LogP contribution in [0, 0.1) is 0 Å². The Morgan fingerprint density at radius 2 is 1.75 bits per heavy atom. The first-order valence-electron chi connectivity index (χ1n) is 7.70. The number of aliphatic carboxylic acids is 1. The van der Waals surface area contributed by atoms with Crippen molar-refractivity contribution in [1.82, 2.24) is 10.2 Å². The molecular weight excluding hydrogens is 308 g/mol. The van der Waals surface area contributed by atoms with Crippen LogP contribution in [0.4, 0.5) is 0 Å². The Kier molecular flexibility index (Phi) is 5.89. The molecule has 0 aliphatic heterocycles. The zero-order valence-corrected chi connectivity index (χ0v) is 13.5. The number of rotatable bonds is 7. The molecule has 0 unspecified atom stereocenters. The van der Waals surface area contributed by atoms with Crippen molar-refractivity contribution in [3.8, 4) is 0 Å². The fraction of sp³-hybridized carbons (Fsp3) is 0.278. The molecule has 0 fully saturated rings. The molecule has 0 aromatic heterocycles. The molecule has 126 valence electrons. The molecule has 2 N–H and O–H groups in total. The summed E-state index contributed by atoms with van der Waals surface area (Å²) >= 11 is 0. The number of carbonyl (C=O) groups excluding carboxylic acids is 2. The van der Waals surface area contributed by atoms with E-state index in [4.69, 9.17) is 5.11 Å². The molecule has 0 aliphatic carbocycles. The minimum absolute atomic E-state index is 0.0916. The zero-order chi connectivity index (χ0) is 17.5. The third kappa shape index (κ3) is 4.81. The summed E-state index contributed by atoms with van der Waals surface area (Å²) < 4.78 is 0. The number of hydrogen-bond donors (Lipinski definition) is 2. The van der Waals surface area contributed by atoms with Crippen molar-refractivity contribution >= 4 is 28.6 Å². The number of carboxylic acids is 1. The molecule has 0 atom stereocenters. The van der Waals surface area contributed by atoms with E-state index in [2.05, 4.69) is 5.32 Å². The average molecular weight is 328 g/mol. The molecule has 24 heavy (non-hydrogen) atoms. The molecular formula is C18H20N2O4. The van der Waals surface area contributed by atoms with E-state index in [0.717, 1.165) is 10.8 Å². The summed E-state index contributed by atoms with van der Waals surface area (Å²) in [5, 5.41) is 13.4. The highest BCUT2D eigenvalue weighted by atomic mass is 16.4. The maximum Gasteiger partial charge on any atom is 0.305 e. The van der Waals surface area contributed by atoms with Crippen LogP contribution in [0.3, 0.4) is 0 Å². The van der Waals surface area contributed by atoms with E-state index in [9.17, 15) is 14.4 Å². The van der Waals surface area contributed by atoms with Crippen LogP contribution in [0.1, 0.15) is 23.2 Å². The number of fused-ring (bicyclic) bond motifs is 1. The van der Waals surface area contributed by atoms with Gasteiger partial charge in [-0.3, -0.25) is 14.4 Å². The van der Waals surface area contributed by atoms with Crippen molar-refractivity contribution in [2.45, 2.75) is 12.8 Å². The number of benzene rings is 2. The van der Waals surface area contributed by atoms with E-state index in [1.165, 1.54) is 4.90 Å². The van der Waals surface area contributed by atoms with Crippen LogP contribution in [0.25, 0.3) is 10.8 Å². The molecule has 6 nitrogen and oxygen atoms in total. The summed E-state index contributed by atoms with van der Waals surface area (Å²) in [5.41, 5.74) is 0.542. The summed E-state index contributed by atoms with van der Waals surface area (Å²) in [6.45, 7) is 0.370. The lowest BCUT2D eigenvalue weighted by atomic mass is 10.1. The second-order valence-corrected chi connectivity index (χ2v) is 5.53. The van der Waals surface area contributed by atoms with Crippen LogP contribution in [-0.2, 0) is 9.59 Å². The van der Waals surface area contributed by atoms with Gasteiger partial charge >= 0.3 is 5.97 Å². The van der Waals surface area contributed by atoms with Gasteiger partial charge in [-0.2, -0.15) is 0 Å². The summed E-state index contributed by atoms with van der Waals surface area (Å²) in [4.78, 5) is 35.8. The van der Waals surface area contributed by atoms with Gasteiger partial charge in [-0.25, -0.2) is 0 Å². The van der Waals surface area contributed by atoms with Gasteiger partial charge in [0, 0.05) is 32.1 Å². The molecule has 6 heteroatoms. The number of carboxylic acid groups (broad SMARTS) is 1. The molecule has 0 radical (unpaired) electrons. The predicted molar refractivity (Wildman–Crippen MR) is 90.8 cm³/mol. The quantitative estimate of drug-likeness (QED) is 0.812. The van der Waals surface area contributed by atoms with Gasteiger partial charge in [0.1, 0.15) is 0 Å². The number of hydrogen-bond acceptors (Lipinski definition) is 3. The molecule has 0 bridgehead atoms. The van der Waals surface area contributed by atoms with Crippen molar-refractivity contribution in [2.24, 2.45) is 0 Å². The van der Waals surface area contributed by atoms with Crippen LogP contribution < -0.4 is 5.32 Å². The van der Waals surface area contributed by atoms with E-state index >= 15 is 0 Å². The minimum atomic E-state index is -0.945. The van der Waals surface area contributed by atoms with Gasteiger partial charge in [-0.05, 0) is 22.9 Å². The van der Waals surface area contributed by atoms with Crippen LogP contribution in [0.5, 0.6) is 0 Å². The highest BCUT2D eigenvalue weighted by Gasteiger charge is 2.11. The van der Waals surface area contributed by atoms with Crippen LogP contribution in [-0.4, -0.2) is 47.9 Å². The smallest absolute Gasteiger partial charge is 0.305 e. The number of amides is 2. The third-order valence-electron chi connectivity index (χ3n) is 3.72. The first kappa shape index (κ1) is 17.5. The van der Waals surface area contributed by atoms with Crippen LogP contribution in [0.15, 0.2) is 42.5 Å². The Hall–Kier alpha value is -2.89. The molecule has 2 amide bonds. The summed E-state index contributed by atoms with van der Waals surface area (Å²) in [5.74, 6) is -1.38. The van der Waals surface area contributed by atoms with Crippen molar-refractivity contribution in [2.75, 3.05) is 20.1 Å². The Labute approximate surface area is 140 Å². The SMILES string of the molecule is CN(CCC(=O)O)C(=O)CCNC(=O)c1ccc2ccccc2c1. The monoisotopic (exact) mass is 328 g/mol. The van der Waals surface area contributed by atoms with Gasteiger partial charge in [0.05, 0.1) is 6.42 Å². The van der Waals surface area contributed by atoms with E-state index in [1.54, 1.807) is 13.1 Å². The molecule has 2 aromatic rings. The molecule has 0 spiro atoms. The first-order chi connectivity index (χ1) is 11.5. The molecule has 0 heterocycles. The minimum Gasteiger partial charge on any atom is -0.481 e. The van der Waals surface area contributed by atoms with E-state index in [1.807, 2.05) is 36.4 Å². The van der Waals surface area contributed by atoms with Gasteiger partial charge in [0.2, 0.25) is 5.91 Å². The van der Waals surface area contributed by atoms with Crippen LogP contribution in [0.2, 0.25) is 0 Å². The molecule has 0 saturated heterocycles. The lowest BCUT2D eigenvalue weighted by Crippen LogP contribution is -2.33. The van der Waals surface area contributed by atoms with Gasteiger partial charge in [0.15, 0.2) is 0 Å². The lowest BCUT2D eigenvalue weighted by Gasteiger charge is -2.16. The standard InChI is InChI=1S/C18H20N2O4/c1-20(11-9-17(22)23)16(21)8-10-19-18(24)15-7-6-13-4-2-3-5-14(13)12-15/h2-7,12H,8-11H2,1H3,(H,19,24)(H,22,23). The maximum absolute atomic E-state index is 12.1. The van der Waals surface area contributed by atoms with Gasteiger partial charge in [-0.1, -0.05) is 30.3 Å². The largest absolute Gasteiger partial charge is 0.481 e. The summed E-state index contributed by atoms with van der Waals surface area (Å²) in [6, 6.07) is 13.2. The van der Waals surface area contributed by atoms with Crippen molar-refractivity contribution < 1.29 is 19.5 Å². The second kappa shape index (κ2) is 8.10. The van der Waals surface area contributed by atoms with Crippen molar-refractivity contribution in [3.05, 3.63) is 48.0 Å². The van der Waals surface area contributed by atoms with E-state index < -0.39 is 5.97 Å². The molecule has 2 aromatic carbocycles. The Morgan fingerprint density at radius 3 is 2.46 bits per heavy atom. The molecule has 0 aliphatic rings. The second-order valence-electron chi connectivity index (χ2n) is 5.53. The van der Waals surface area contributed by atoms with Gasteiger partial charge in [0.25, 0.3) is 5.91 Å². The predicted octanol–water partition coefficient (Wildman–Crippen LogP) is 1.89. The van der Waals surface area contributed by atoms with Gasteiger partial charge in [-0.15, -0.1) is 0 Å². The van der Waals surface area contributed by atoms with Crippen molar-refractivity contribution in [1.29, 1.82) is 0 Å². The third-order valence-corrected chi connectivity index (χ3v) is 3.72. The highest BCUT2D eigenvalue weighted by molar-refractivity contribution is 5.98. The van der Waals surface area contributed by atoms with E-state index in [-0.39, 0.29) is 37.7 Å². The lowest BCUT2D eigenvalue weighted by molar-refractivity contribution is -0.138. The Morgan fingerprint density at radius 1 is 1.04 bits per heavy atom. The Bertz CT molecular complexity index is 758. The normalized spacial score (nSPS) is 10.4. The fourth-order valence-corrected chi connectivity index (χ4v) is 2.29. The number of nitrogens with one attached hydrogen (secondary N) is 1. The number of carbonyl (C=O) groups is 3. The van der Waals surface area contributed by atoms with Crippen molar-refractivity contribution in [3.63, 3.8) is 0 Å². The Balaban J connectivity index is 1.83. The summed E-state index contributed by atoms with van der Waals surface area (Å²) in [7, 11) is 1.55. The number of nitrogens with zero attached hydrogens (tertiary/aromatic N) is 1. The van der Waals surface area contributed by atoms with E-state index in [0.29, 0.717) is 5.56 Å². The highest BCUT2D eigenvalue weighted by Crippen LogP contribution is 2.15. The zero-order valence-electron chi connectivity index (χ0n) is 13.5. The maximum atomic E-state index is 12.1. The first-order valence-corrected chi connectivity index (χ1v) is 7.70. The molecule has 0 saturated carbocycles. The topological polar surface area (TPSA) is 86.7 Å². The van der Waals surface area contributed by atoms with Crippen LogP contribution >= 0.6 is 0 Å². The van der Waals surface area contributed by atoms with Gasteiger partial charge < -0.3 is 15.3 Å². The fourth-order valence-electron chi connectivity index (χ4n) is 2.29.